The van der Waals surface area contributed by atoms with E-state index in [1.165, 1.54) is 5.35 Å². The maximum Gasteiger partial charge on any atom is 0.407 e. The van der Waals surface area contributed by atoms with Crippen molar-refractivity contribution in [3.63, 3.8) is 0 Å². The Hall–Kier alpha value is -1.49. The number of carbonyl (C=O) groups excluding carboxylic acids is 1. The van der Waals surface area contributed by atoms with Crippen LogP contribution in [0.2, 0.25) is 0 Å². The van der Waals surface area contributed by atoms with Gasteiger partial charge >= 0.3 is 6.09 Å². The van der Waals surface area contributed by atoms with E-state index < -0.39 is 5.60 Å². The molecule has 0 saturated carbocycles. The monoisotopic (exact) mass is 339 g/mol. The predicted octanol–water partition coefficient (Wildman–Crippen LogP) is 2.28. The topological polar surface area (TPSA) is 56.1 Å². The third-order valence-electron chi connectivity index (χ3n) is 3.55. The van der Waals surface area contributed by atoms with E-state index >= 15 is 0 Å². The lowest BCUT2D eigenvalue weighted by Crippen LogP contribution is -2.33. The van der Waals surface area contributed by atoms with Gasteiger partial charge in [0.25, 0.3) is 0 Å². The zero-order valence-electron chi connectivity index (χ0n) is 14.2. The summed E-state index contributed by atoms with van der Waals surface area (Å²) in [6.45, 7) is 7.05. The van der Waals surface area contributed by atoms with E-state index in [1.54, 1.807) is 0 Å². The quantitative estimate of drug-likeness (QED) is 0.639. The SMILES string of the molecule is CC(C)(C)OC(=O)NCCCCn1c(CCl)nc2c1=CCCC=2. The lowest BCUT2D eigenvalue weighted by atomic mass is 10.2. The largest absolute Gasteiger partial charge is 0.444 e. The van der Waals surface area contributed by atoms with Crippen LogP contribution < -0.4 is 16.0 Å². The van der Waals surface area contributed by atoms with E-state index in [9.17, 15) is 4.79 Å². The van der Waals surface area contributed by atoms with Crippen LogP contribution in [0.5, 0.6) is 0 Å². The summed E-state index contributed by atoms with van der Waals surface area (Å²) in [6, 6.07) is 0. The Labute approximate surface area is 142 Å². The average molecular weight is 340 g/mol. The van der Waals surface area contributed by atoms with Crippen molar-refractivity contribution in [2.75, 3.05) is 6.54 Å². The molecule has 1 N–H and O–H groups in total. The molecular formula is C17H26ClN3O2. The first-order chi connectivity index (χ1) is 10.9. The molecule has 1 aromatic heterocycles. The average Bonchev–Trinajstić information content (AvgIpc) is 2.83. The molecule has 5 nitrogen and oxygen atoms in total. The molecule has 0 radical (unpaired) electrons. The number of carbonyl (C=O) groups is 1. The molecule has 1 aromatic rings. The van der Waals surface area contributed by atoms with Crippen molar-refractivity contribution in [3.8, 4) is 0 Å². The first-order valence-electron chi connectivity index (χ1n) is 8.19. The van der Waals surface area contributed by atoms with Crippen molar-refractivity contribution in [1.82, 2.24) is 14.9 Å². The number of rotatable bonds is 6. The summed E-state index contributed by atoms with van der Waals surface area (Å²) in [5.74, 6) is 1.34. The predicted molar refractivity (Wildman–Crippen MR) is 92.7 cm³/mol. The Morgan fingerprint density at radius 3 is 2.78 bits per heavy atom. The minimum atomic E-state index is -0.457. The van der Waals surface area contributed by atoms with Crippen molar-refractivity contribution in [2.45, 2.75) is 64.5 Å². The summed E-state index contributed by atoms with van der Waals surface area (Å²) in [4.78, 5) is 16.2. The maximum atomic E-state index is 11.6. The molecule has 0 spiro atoms. The van der Waals surface area contributed by atoms with Crippen LogP contribution in [0.25, 0.3) is 12.2 Å². The molecule has 0 bridgehead atoms. The van der Waals surface area contributed by atoms with Gasteiger partial charge in [0, 0.05) is 13.1 Å². The number of hydrogen-bond acceptors (Lipinski definition) is 3. The summed E-state index contributed by atoms with van der Waals surface area (Å²) in [5, 5.41) is 5.03. The molecule has 0 unspecified atom stereocenters. The van der Waals surface area contributed by atoms with Crippen molar-refractivity contribution < 1.29 is 9.53 Å². The molecule has 0 atom stereocenters. The van der Waals surface area contributed by atoms with Crippen LogP contribution in [0.15, 0.2) is 0 Å². The van der Waals surface area contributed by atoms with E-state index in [0.717, 1.165) is 43.4 Å². The highest BCUT2D eigenvalue weighted by Crippen LogP contribution is 2.06. The molecule has 0 aliphatic heterocycles. The zero-order chi connectivity index (χ0) is 16.9. The van der Waals surface area contributed by atoms with Crippen LogP contribution >= 0.6 is 11.6 Å². The van der Waals surface area contributed by atoms with Crippen LogP contribution in [-0.4, -0.2) is 27.8 Å². The number of amides is 1. The van der Waals surface area contributed by atoms with Crippen LogP contribution in [0.4, 0.5) is 4.79 Å². The summed E-state index contributed by atoms with van der Waals surface area (Å²) in [6.07, 6.45) is 7.99. The van der Waals surface area contributed by atoms with Gasteiger partial charge in [-0.15, -0.1) is 11.6 Å². The second kappa shape index (κ2) is 7.86. The molecule has 128 valence electrons. The lowest BCUT2D eigenvalue weighted by Gasteiger charge is -2.19. The molecular weight excluding hydrogens is 314 g/mol. The van der Waals surface area contributed by atoms with Gasteiger partial charge in [0.15, 0.2) is 0 Å². The third-order valence-corrected chi connectivity index (χ3v) is 3.79. The maximum absolute atomic E-state index is 11.6. The molecule has 6 heteroatoms. The summed E-state index contributed by atoms with van der Waals surface area (Å²) >= 11 is 6.01. The Balaban J connectivity index is 1.82. The first-order valence-corrected chi connectivity index (χ1v) is 8.73. The fourth-order valence-corrected chi connectivity index (χ4v) is 2.79. The normalized spacial score (nSPS) is 13.7. The van der Waals surface area contributed by atoms with Gasteiger partial charge in [-0.05, 0) is 46.5 Å². The van der Waals surface area contributed by atoms with E-state index in [2.05, 4.69) is 27.0 Å². The number of imidazole rings is 1. The number of ether oxygens (including phenoxy) is 1. The van der Waals surface area contributed by atoms with E-state index in [4.69, 9.17) is 16.3 Å². The van der Waals surface area contributed by atoms with Gasteiger partial charge in [-0.3, -0.25) is 0 Å². The molecule has 1 heterocycles. The molecule has 23 heavy (non-hydrogen) atoms. The van der Waals surface area contributed by atoms with Crippen LogP contribution in [0, 0.1) is 0 Å². The zero-order valence-corrected chi connectivity index (χ0v) is 14.9. The molecule has 0 saturated heterocycles. The number of halogens is 1. The van der Waals surface area contributed by atoms with Crippen LogP contribution in [-0.2, 0) is 17.2 Å². The van der Waals surface area contributed by atoms with Gasteiger partial charge < -0.3 is 14.6 Å². The third kappa shape index (κ3) is 5.27. The Morgan fingerprint density at radius 2 is 2.09 bits per heavy atom. The minimum absolute atomic E-state index is 0.359. The van der Waals surface area contributed by atoms with E-state index in [-0.39, 0.29) is 6.09 Å². The van der Waals surface area contributed by atoms with Gasteiger partial charge in [0.1, 0.15) is 11.4 Å². The molecule has 2 rings (SSSR count). The fourth-order valence-electron chi connectivity index (χ4n) is 2.59. The summed E-state index contributed by atoms with van der Waals surface area (Å²) in [7, 11) is 0. The van der Waals surface area contributed by atoms with E-state index in [1.807, 2.05) is 20.8 Å². The van der Waals surface area contributed by atoms with Gasteiger partial charge in [-0.25, -0.2) is 9.78 Å². The smallest absolute Gasteiger partial charge is 0.407 e. The number of nitrogens with one attached hydrogen (secondary N) is 1. The highest BCUT2D eigenvalue weighted by molar-refractivity contribution is 6.16. The van der Waals surface area contributed by atoms with Crippen LogP contribution in [0.3, 0.4) is 0 Å². The number of hydrogen-bond donors (Lipinski definition) is 1. The first kappa shape index (κ1) is 17.9. The number of fused-ring (bicyclic) bond motifs is 1. The van der Waals surface area contributed by atoms with Crippen molar-refractivity contribution in [1.29, 1.82) is 0 Å². The fraction of sp³-hybridized carbons (Fsp3) is 0.647. The van der Waals surface area contributed by atoms with Crippen molar-refractivity contribution in [2.24, 2.45) is 0 Å². The minimum Gasteiger partial charge on any atom is -0.444 e. The van der Waals surface area contributed by atoms with Gasteiger partial charge in [0.2, 0.25) is 0 Å². The lowest BCUT2D eigenvalue weighted by molar-refractivity contribution is 0.0527. The Kier molecular flexibility index (Phi) is 6.10. The molecule has 0 fully saturated rings. The second-order valence-corrected chi connectivity index (χ2v) is 6.97. The van der Waals surface area contributed by atoms with Gasteiger partial charge in [-0.1, -0.05) is 12.2 Å². The molecule has 0 aromatic carbocycles. The molecule has 1 amide bonds. The summed E-state index contributed by atoms with van der Waals surface area (Å²) < 4.78 is 7.41. The van der Waals surface area contributed by atoms with Gasteiger partial charge in [0.05, 0.1) is 16.6 Å². The van der Waals surface area contributed by atoms with E-state index in [0.29, 0.717) is 12.4 Å². The van der Waals surface area contributed by atoms with Crippen molar-refractivity contribution >= 4 is 29.8 Å². The summed E-state index contributed by atoms with van der Waals surface area (Å²) in [5.41, 5.74) is -0.457. The highest BCUT2D eigenvalue weighted by atomic mass is 35.5. The number of aromatic nitrogens is 2. The Morgan fingerprint density at radius 1 is 1.35 bits per heavy atom. The Bertz CT molecular complexity index is 659. The highest BCUT2D eigenvalue weighted by Gasteiger charge is 2.15. The number of alkyl halides is 1. The number of alkyl carbamates (subject to hydrolysis) is 1. The second-order valence-electron chi connectivity index (χ2n) is 6.71. The standard InChI is InChI=1S/C17H26ClN3O2/c1-17(2,3)23-16(22)19-10-6-7-11-21-14-9-5-4-8-13(14)20-15(21)12-18/h8-9H,4-7,10-12H2,1-3H3,(H,19,22). The molecule has 1 aliphatic rings. The van der Waals surface area contributed by atoms with Crippen LogP contribution in [0.1, 0.15) is 52.3 Å². The number of unbranched alkanes of at least 4 members (excludes halogenated alkanes) is 1. The van der Waals surface area contributed by atoms with Crippen molar-refractivity contribution in [3.05, 3.63) is 16.5 Å². The molecule has 1 aliphatic carbocycles. The number of nitrogens with zero attached hydrogens (tertiary/aromatic N) is 2. The van der Waals surface area contributed by atoms with Gasteiger partial charge in [-0.2, -0.15) is 0 Å².